The molecule has 0 saturated carbocycles. The summed E-state index contributed by atoms with van der Waals surface area (Å²) in [6.45, 7) is 6.05. The maximum absolute atomic E-state index is 4.79. The third kappa shape index (κ3) is 4.30. The number of aromatic nitrogens is 3. The summed E-state index contributed by atoms with van der Waals surface area (Å²) in [4.78, 5) is 18.3. The lowest BCUT2D eigenvalue weighted by molar-refractivity contribution is 1.04. The molecule has 0 fully saturated rings. The standard InChI is InChI=1S/C21H23N5/c1-4-8-19(23-15(2)3)21-25-18-10-7-5-6-9-17(18)20(26-21)24-16-11-13-22-14-12-16/h5-6,8-14H,4,7H2,1-3H3,(H,22,24,25,26)/b19-8-. The average molecular weight is 345 g/mol. The van der Waals surface area contributed by atoms with E-state index in [9.17, 15) is 0 Å². The smallest absolute Gasteiger partial charge is 0.180 e. The summed E-state index contributed by atoms with van der Waals surface area (Å²) in [5.41, 5.74) is 2.72. The molecule has 0 amide bonds. The van der Waals surface area contributed by atoms with E-state index in [4.69, 9.17) is 9.97 Å². The maximum atomic E-state index is 4.79. The van der Waals surface area contributed by atoms with E-state index >= 15 is 0 Å². The molecule has 0 bridgehead atoms. The van der Waals surface area contributed by atoms with Gasteiger partial charge in [-0.2, -0.15) is 0 Å². The Hall–Kier alpha value is -3.08. The number of fused-ring (bicyclic) bond motifs is 1. The molecule has 0 aliphatic heterocycles. The van der Waals surface area contributed by atoms with Crippen molar-refractivity contribution in [3.05, 3.63) is 59.1 Å². The van der Waals surface area contributed by atoms with Gasteiger partial charge < -0.3 is 5.32 Å². The van der Waals surface area contributed by atoms with E-state index in [2.05, 4.69) is 40.4 Å². The number of hydrogen-bond donors (Lipinski definition) is 1. The summed E-state index contributed by atoms with van der Waals surface area (Å²) >= 11 is 0. The lowest BCUT2D eigenvalue weighted by atomic mass is 10.2. The minimum Gasteiger partial charge on any atom is -0.340 e. The van der Waals surface area contributed by atoms with Crippen LogP contribution in [0.1, 0.15) is 39.4 Å². The molecule has 26 heavy (non-hydrogen) atoms. The van der Waals surface area contributed by atoms with Crippen LogP contribution in [-0.4, -0.2) is 20.7 Å². The minimum absolute atomic E-state index is 0.634. The van der Waals surface area contributed by atoms with E-state index in [0.29, 0.717) is 5.82 Å². The number of nitrogens with zero attached hydrogens (tertiary/aromatic N) is 4. The number of pyridine rings is 1. The predicted octanol–water partition coefficient (Wildman–Crippen LogP) is 3.37. The van der Waals surface area contributed by atoms with Crippen molar-refractivity contribution < 1.29 is 0 Å². The highest BCUT2D eigenvalue weighted by atomic mass is 15.1. The molecule has 2 aromatic rings. The van der Waals surface area contributed by atoms with Crippen LogP contribution in [0.3, 0.4) is 0 Å². The van der Waals surface area contributed by atoms with Gasteiger partial charge in [0.2, 0.25) is 0 Å². The second kappa shape index (κ2) is 8.34. The fourth-order valence-corrected chi connectivity index (χ4v) is 2.63. The molecule has 5 nitrogen and oxygen atoms in total. The number of aliphatic imine (C=N–C) groups is 1. The van der Waals surface area contributed by atoms with Crippen molar-refractivity contribution in [1.82, 2.24) is 15.0 Å². The molecule has 132 valence electrons. The first-order valence-corrected chi connectivity index (χ1v) is 8.82. The first-order chi connectivity index (χ1) is 12.7. The van der Waals surface area contributed by atoms with Gasteiger partial charge >= 0.3 is 0 Å². The minimum atomic E-state index is 0.634. The largest absolute Gasteiger partial charge is 0.340 e. The Bertz CT molecular complexity index is 981. The Labute approximate surface area is 153 Å². The molecular weight excluding hydrogens is 322 g/mol. The van der Waals surface area contributed by atoms with Gasteiger partial charge in [-0.3, -0.25) is 9.98 Å². The lowest BCUT2D eigenvalue weighted by Crippen LogP contribution is -2.33. The second-order valence-electron chi connectivity index (χ2n) is 6.15. The van der Waals surface area contributed by atoms with E-state index in [1.165, 1.54) is 0 Å². The quantitative estimate of drug-likeness (QED) is 0.844. The normalized spacial score (nSPS) is 13.1. The second-order valence-corrected chi connectivity index (χ2v) is 6.15. The highest BCUT2D eigenvalue weighted by Crippen LogP contribution is 2.15. The first kappa shape index (κ1) is 17.7. The number of nitrogens with one attached hydrogen (secondary N) is 1. The zero-order valence-electron chi connectivity index (χ0n) is 15.4. The number of anilines is 2. The number of allylic oxidation sites excluding steroid dienone is 3. The van der Waals surface area contributed by atoms with Crippen LogP contribution in [0.15, 0.2) is 47.7 Å². The van der Waals surface area contributed by atoms with Crippen LogP contribution >= 0.6 is 0 Å². The van der Waals surface area contributed by atoms with Gasteiger partial charge in [0, 0.05) is 29.0 Å². The van der Waals surface area contributed by atoms with Gasteiger partial charge in [0.05, 0.1) is 5.35 Å². The van der Waals surface area contributed by atoms with E-state index in [1.807, 2.05) is 38.1 Å². The number of hydrogen-bond acceptors (Lipinski definition) is 5. The molecule has 0 aromatic carbocycles. The van der Waals surface area contributed by atoms with E-state index < -0.39 is 0 Å². The average Bonchev–Trinajstić information content (AvgIpc) is 2.87. The van der Waals surface area contributed by atoms with Crippen molar-refractivity contribution in [3.8, 4) is 0 Å². The van der Waals surface area contributed by atoms with E-state index in [0.717, 1.165) is 46.3 Å². The number of rotatable bonds is 5. The summed E-state index contributed by atoms with van der Waals surface area (Å²) < 4.78 is 0. The molecule has 0 spiro atoms. The maximum Gasteiger partial charge on any atom is 0.180 e. The first-order valence-electron chi connectivity index (χ1n) is 8.82. The molecule has 1 N–H and O–H groups in total. The van der Waals surface area contributed by atoms with E-state index in [1.54, 1.807) is 12.4 Å². The third-order valence-electron chi connectivity index (χ3n) is 3.74. The Morgan fingerprint density at radius 1 is 1.23 bits per heavy atom. The van der Waals surface area contributed by atoms with Gasteiger partial charge in [0.25, 0.3) is 0 Å². The van der Waals surface area contributed by atoms with Gasteiger partial charge in [0.15, 0.2) is 5.82 Å². The molecule has 0 unspecified atom stereocenters. The van der Waals surface area contributed by atoms with Crippen LogP contribution in [0, 0.1) is 0 Å². The highest BCUT2D eigenvalue weighted by Gasteiger charge is 2.10. The van der Waals surface area contributed by atoms with Gasteiger partial charge in [-0.25, -0.2) is 9.97 Å². The van der Waals surface area contributed by atoms with Crippen molar-refractivity contribution in [3.63, 3.8) is 0 Å². The van der Waals surface area contributed by atoms with Gasteiger partial charge in [-0.15, -0.1) is 0 Å². The summed E-state index contributed by atoms with van der Waals surface area (Å²) in [5, 5.41) is 5.30. The molecule has 5 heteroatoms. The topological polar surface area (TPSA) is 63.1 Å². The summed E-state index contributed by atoms with van der Waals surface area (Å²) in [6.07, 6.45) is 15.6. The summed E-state index contributed by atoms with van der Waals surface area (Å²) in [5.74, 6) is 1.40. The zero-order chi connectivity index (χ0) is 18.4. The van der Waals surface area contributed by atoms with Gasteiger partial charge in [0.1, 0.15) is 11.5 Å². The van der Waals surface area contributed by atoms with Crippen LogP contribution in [0.4, 0.5) is 11.5 Å². The molecule has 2 heterocycles. The van der Waals surface area contributed by atoms with Crippen LogP contribution in [0.25, 0.3) is 17.8 Å². The van der Waals surface area contributed by atoms with Gasteiger partial charge in [-0.05, 0) is 44.9 Å². The van der Waals surface area contributed by atoms with Crippen LogP contribution in [0.2, 0.25) is 0 Å². The molecule has 0 atom stereocenters. The Morgan fingerprint density at radius 2 is 2.04 bits per heavy atom. The molecular formula is C21H23N5. The fraction of sp³-hybridized carbons (Fsp3) is 0.238. The molecule has 0 saturated heterocycles. The highest BCUT2D eigenvalue weighted by molar-refractivity contribution is 5.85. The van der Waals surface area contributed by atoms with Crippen molar-refractivity contribution in [2.24, 2.45) is 4.99 Å². The molecule has 3 rings (SSSR count). The Balaban J connectivity index is 2.19. The van der Waals surface area contributed by atoms with Crippen molar-refractivity contribution in [2.75, 3.05) is 5.32 Å². The summed E-state index contributed by atoms with van der Waals surface area (Å²) in [6, 6.07) is 3.84. The Kier molecular flexibility index (Phi) is 5.69. The Morgan fingerprint density at radius 3 is 2.77 bits per heavy atom. The predicted molar refractivity (Wildman–Crippen MR) is 109 cm³/mol. The fourth-order valence-electron chi connectivity index (χ4n) is 2.63. The third-order valence-corrected chi connectivity index (χ3v) is 3.74. The van der Waals surface area contributed by atoms with Crippen LogP contribution < -0.4 is 15.9 Å². The summed E-state index contributed by atoms with van der Waals surface area (Å²) in [7, 11) is 0. The molecule has 2 aromatic heterocycles. The zero-order valence-corrected chi connectivity index (χ0v) is 15.4. The van der Waals surface area contributed by atoms with Crippen molar-refractivity contribution in [2.45, 2.75) is 33.6 Å². The van der Waals surface area contributed by atoms with E-state index in [-0.39, 0.29) is 0 Å². The van der Waals surface area contributed by atoms with Crippen LogP contribution in [0.5, 0.6) is 0 Å². The molecule has 1 aliphatic carbocycles. The monoisotopic (exact) mass is 345 g/mol. The van der Waals surface area contributed by atoms with Gasteiger partial charge in [-0.1, -0.05) is 31.2 Å². The molecule has 0 radical (unpaired) electrons. The molecule has 1 aliphatic rings. The van der Waals surface area contributed by atoms with Crippen LogP contribution in [-0.2, 0) is 0 Å². The van der Waals surface area contributed by atoms with Crippen molar-refractivity contribution in [1.29, 1.82) is 0 Å². The lowest BCUT2D eigenvalue weighted by Gasteiger charge is -2.09. The van der Waals surface area contributed by atoms with Crippen molar-refractivity contribution >= 4 is 35.1 Å². The SMILES string of the molecule is CC/C=C(\N=C(C)C)c1nc(Nc2ccncc2)c2c(n1)=CCC=CC=2.